The molecule has 3 N–H and O–H groups in total. The molecule has 37 heavy (non-hydrogen) atoms. The Kier molecular flexibility index (Phi) is 9.31. The lowest BCUT2D eigenvalue weighted by Gasteiger charge is -2.24. The van der Waals surface area contributed by atoms with Crippen LogP contribution in [0.2, 0.25) is 0 Å². The molecular formula is C30H37N3O4. The molecule has 0 aliphatic heterocycles. The summed E-state index contributed by atoms with van der Waals surface area (Å²) in [7, 11) is 3.09. The Morgan fingerprint density at radius 1 is 0.892 bits per heavy atom. The second kappa shape index (κ2) is 12.4. The second-order valence-corrected chi connectivity index (χ2v) is 9.88. The largest absolute Gasteiger partial charge is 0.493 e. The predicted molar refractivity (Wildman–Crippen MR) is 147 cm³/mol. The number of benzene rings is 3. The highest BCUT2D eigenvalue weighted by molar-refractivity contribution is 6.04. The Morgan fingerprint density at radius 3 is 2.16 bits per heavy atom. The van der Waals surface area contributed by atoms with Crippen LogP contribution in [0.3, 0.4) is 0 Å². The van der Waals surface area contributed by atoms with E-state index in [4.69, 9.17) is 15.2 Å². The predicted octanol–water partition coefficient (Wildman–Crippen LogP) is 5.24. The van der Waals surface area contributed by atoms with E-state index >= 15 is 0 Å². The molecule has 0 bridgehead atoms. The molecule has 3 aromatic carbocycles. The molecule has 0 fully saturated rings. The minimum atomic E-state index is -0.201. The third-order valence-corrected chi connectivity index (χ3v) is 6.19. The maximum Gasteiger partial charge on any atom is 0.255 e. The molecule has 3 aromatic rings. The van der Waals surface area contributed by atoms with Crippen molar-refractivity contribution in [2.45, 2.75) is 39.2 Å². The summed E-state index contributed by atoms with van der Waals surface area (Å²) in [4.78, 5) is 28.3. The summed E-state index contributed by atoms with van der Waals surface area (Å²) in [5, 5.41) is 3.02. The van der Waals surface area contributed by atoms with Crippen LogP contribution in [0.25, 0.3) is 0 Å². The van der Waals surface area contributed by atoms with Gasteiger partial charge in [-0.1, -0.05) is 51.1 Å². The molecule has 0 radical (unpaired) electrons. The summed E-state index contributed by atoms with van der Waals surface area (Å²) in [6.45, 7) is 7.65. The molecule has 2 amide bonds. The van der Waals surface area contributed by atoms with E-state index < -0.39 is 0 Å². The number of hydrogen-bond acceptors (Lipinski definition) is 5. The molecule has 0 spiro atoms. The van der Waals surface area contributed by atoms with Crippen LogP contribution in [-0.2, 0) is 12.0 Å². The van der Waals surface area contributed by atoms with Crippen molar-refractivity contribution in [1.29, 1.82) is 0 Å². The number of nitrogens with zero attached hydrogens (tertiary/aromatic N) is 1. The molecule has 196 valence electrons. The minimum Gasteiger partial charge on any atom is -0.493 e. The van der Waals surface area contributed by atoms with E-state index in [2.05, 4.69) is 26.1 Å². The topological polar surface area (TPSA) is 93.9 Å². The molecule has 0 aliphatic rings. The highest BCUT2D eigenvalue weighted by Gasteiger charge is 2.20. The Morgan fingerprint density at radius 2 is 1.54 bits per heavy atom. The summed E-state index contributed by atoms with van der Waals surface area (Å²) in [5.41, 5.74) is 9.47. The SMILES string of the molecule is COc1ccc(C(=O)N(CCCN)Cc2ccccc2NC(=O)c2ccc(C(C)(C)C)cc2)cc1OC. The van der Waals surface area contributed by atoms with E-state index in [1.54, 1.807) is 30.2 Å². The number of carbonyl (C=O) groups is 2. The van der Waals surface area contributed by atoms with E-state index in [1.807, 2.05) is 48.5 Å². The van der Waals surface area contributed by atoms with E-state index in [9.17, 15) is 9.59 Å². The molecule has 0 heterocycles. The highest BCUT2D eigenvalue weighted by atomic mass is 16.5. The standard InChI is InChI=1S/C30H37N3O4/c1-30(2,3)24-14-11-21(12-15-24)28(34)32-25-10-7-6-9-23(25)20-33(18-8-17-31)29(35)22-13-16-26(36-4)27(19-22)37-5/h6-7,9-16,19H,8,17-18,20,31H2,1-5H3,(H,32,34). The summed E-state index contributed by atoms with van der Waals surface area (Å²) >= 11 is 0. The Labute approximate surface area is 219 Å². The number of amides is 2. The average molecular weight is 504 g/mol. The number of ether oxygens (including phenoxy) is 2. The fourth-order valence-electron chi connectivity index (χ4n) is 3.99. The third kappa shape index (κ3) is 7.11. The summed E-state index contributed by atoms with van der Waals surface area (Å²) < 4.78 is 10.7. The monoisotopic (exact) mass is 503 g/mol. The van der Waals surface area contributed by atoms with E-state index in [0.717, 1.165) is 11.1 Å². The number of carbonyl (C=O) groups excluding carboxylic acids is 2. The van der Waals surface area contributed by atoms with Crippen molar-refractivity contribution >= 4 is 17.5 Å². The second-order valence-electron chi connectivity index (χ2n) is 9.88. The van der Waals surface area contributed by atoms with Crippen molar-refractivity contribution in [3.8, 4) is 11.5 Å². The van der Waals surface area contributed by atoms with Gasteiger partial charge in [-0.3, -0.25) is 9.59 Å². The lowest BCUT2D eigenvalue weighted by atomic mass is 9.86. The van der Waals surface area contributed by atoms with Gasteiger partial charge in [0.15, 0.2) is 11.5 Å². The summed E-state index contributed by atoms with van der Waals surface area (Å²) in [5.74, 6) is 0.675. The van der Waals surface area contributed by atoms with Crippen LogP contribution >= 0.6 is 0 Å². The van der Waals surface area contributed by atoms with Gasteiger partial charge in [-0.25, -0.2) is 0 Å². The van der Waals surface area contributed by atoms with Gasteiger partial charge in [0.05, 0.1) is 14.2 Å². The first-order chi connectivity index (χ1) is 17.7. The molecule has 0 unspecified atom stereocenters. The van der Waals surface area contributed by atoms with Gasteiger partial charge < -0.3 is 25.4 Å². The quantitative estimate of drug-likeness (QED) is 0.394. The number of nitrogens with two attached hydrogens (primary N) is 1. The molecule has 0 aromatic heterocycles. The minimum absolute atomic E-state index is 0.00896. The first-order valence-corrected chi connectivity index (χ1v) is 12.4. The molecule has 7 heteroatoms. The van der Waals surface area contributed by atoms with Crippen LogP contribution in [0.5, 0.6) is 11.5 Å². The zero-order valence-corrected chi connectivity index (χ0v) is 22.3. The van der Waals surface area contributed by atoms with Crippen molar-refractivity contribution in [3.05, 3.63) is 89.0 Å². The van der Waals surface area contributed by atoms with Crippen LogP contribution < -0.4 is 20.5 Å². The van der Waals surface area contributed by atoms with Gasteiger partial charge in [0.25, 0.3) is 11.8 Å². The van der Waals surface area contributed by atoms with Crippen LogP contribution in [0.4, 0.5) is 5.69 Å². The Hall–Kier alpha value is -3.84. The zero-order chi connectivity index (χ0) is 27.0. The molecule has 3 rings (SSSR count). The van der Waals surface area contributed by atoms with Crippen LogP contribution in [0.1, 0.15) is 59.0 Å². The molecule has 0 saturated heterocycles. The highest BCUT2D eigenvalue weighted by Crippen LogP contribution is 2.29. The first kappa shape index (κ1) is 27.7. The summed E-state index contributed by atoms with van der Waals surface area (Å²) in [6, 6.07) is 20.3. The van der Waals surface area contributed by atoms with Gasteiger partial charge in [-0.15, -0.1) is 0 Å². The normalized spacial score (nSPS) is 11.1. The van der Waals surface area contributed by atoms with Crippen LogP contribution in [-0.4, -0.2) is 44.0 Å². The fourth-order valence-corrected chi connectivity index (χ4v) is 3.99. The third-order valence-electron chi connectivity index (χ3n) is 6.19. The number of hydrogen-bond donors (Lipinski definition) is 2. The van der Waals surface area contributed by atoms with Gasteiger partial charge in [-0.2, -0.15) is 0 Å². The first-order valence-electron chi connectivity index (χ1n) is 12.4. The maximum atomic E-state index is 13.5. The number of para-hydroxylation sites is 1. The summed E-state index contributed by atoms with van der Waals surface area (Å²) in [6.07, 6.45) is 0.647. The molecular weight excluding hydrogens is 466 g/mol. The van der Waals surface area contributed by atoms with Crippen molar-refractivity contribution in [2.24, 2.45) is 5.73 Å². The van der Waals surface area contributed by atoms with Gasteiger partial charge in [0, 0.05) is 29.9 Å². The number of nitrogens with one attached hydrogen (secondary N) is 1. The van der Waals surface area contributed by atoms with Gasteiger partial charge >= 0.3 is 0 Å². The van der Waals surface area contributed by atoms with Gasteiger partial charge in [0.1, 0.15) is 0 Å². The maximum absolute atomic E-state index is 13.5. The lowest BCUT2D eigenvalue weighted by Crippen LogP contribution is -2.33. The average Bonchev–Trinajstić information content (AvgIpc) is 2.90. The lowest BCUT2D eigenvalue weighted by molar-refractivity contribution is 0.0742. The van der Waals surface area contributed by atoms with Gasteiger partial charge in [0.2, 0.25) is 0 Å². The van der Waals surface area contributed by atoms with E-state index in [1.165, 1.54) is 7.11 Å². The molecule has 0 saturated carbocycles. The van der Waals surface area contributed by atoms with Crippen molar-refractivity contribution < 1.29 is 19.1 Å². The van der Waals surface area contributed by atoms with Crippen molar-refractivity contribution in [1.82, 2.24) is 4.90 Å². The molecule has 0 atom stereocenters. The molecule has 7 nitrogen and oxygen atoms in total. The van der Waals surface area contributed by atoms with E-state index in [-0.39, 0.29) is 17.2 Å². The Bertz CT molecular complexity index is 1220. The van der Waals surface area contributed by atoms with Crippen molar-refractivity contribution in [2.75, 3.05) is 32.6 Å². The number of rotatable bonds is 10. The van der Waals surface area contributed by atoms with Crippen molar-refractivity contribution in [3.63, 3.8) is 0 Å². The van der Waals surface area contributed by atoms with Gasteiger partial charge in [-0.05, 0) is 65.9 Å². The van der Waals surface area contributed by atoms with E-state index in [0.29, 0.717) is 54.4 Å². The Balaban J connectivity index is 1.83. The van der Waals surface area contributed by atoms with Crippen LogP contribution in [0.15, 0.2) is 66.7 Å². The van der Waals surface area contributed by atoms with Crippen LogP contribution in [0, 0.1) is 0 Å². The zero-order valence-electron chi connectivity index (χ0n) is 22.3. The smallest absolute Gasteiger partial charge is 0.255 e. The number of anilines is 1. The fraction of sp³-hybridized carbons (Fsp3) is 0.333. The molecule has 0 aliphatic carbocycles. The number of methoxy groups -OCH3 is 2.